The van der Waals surface area contributed by atoms with Crippen molar-refractivity contribution in [1.29, 1.82) is 0 Å². The van der Waals surface area contributed by atoms with E-state index in [2.05, 4.69) is 10.1 Å². The standard InChI is InChI=1S/C20H24F2N2O3/c1-14(16-7-5-4-6-8-16)23-19(25)13-24(2)12-15-9-10-17(27-20(21)22)18(11-15)26-3/h4-11,14,20H,12-13H2,1-3H3,(H,23,25)/t14-/m0/s1. The van der Waals surface area contributed by atoms with Crippen LogP contribution in [-0.4, -0.2) is 38.1 Å². The summed E-state index contributed by atoms with van der Waals surface area (Å²) in [5, 5.41) is 2.96. The Kier molecular flexibility index (Phi) is 7.55. The minimum atomic E-state index is -2.91. The average Bonchev–Trinajstić information content (AvgIpc) is 2.63. The summed E-state index contributed by atoms with van der Waals surface area (Å²) in [7, 11) is 3.20. The second-order valence-electron chi connectivity index (χ2n) is 6.24. The lowest BCUT2D eigenvalue weighted by molar-refractivity contribution is -0.122. The van der Waals surface area contributed by atoms with Gasteiger partial charge in [-0.1, -0.05) is 36.4 Å². The Bertz CT molecular complexity index is 741. The highest BCUT2D eigenvalue weighted by Gasteiger charge is 2.14. The van der Waals surface area contributed by atoms with E-state index in [-0.39, 0.29) is 30.0 Å². The summed E-state index contributed by atoms with van der Waals surface area (Å²) < 4.78 is 34.3. The fourth-order valence-corrected chi connectivity index (χ4v) is 2.73. The third-order valence-corrected chi connectivity index (χ3v) is 3.99. The van der Waals surface area contributed by atoms with Gasteiger partial charge in [-0.15, -0.1) is 0 Å². The van der Waals surface area contributed by atoms with E-state index >= 15 is 0 Å². The molecular weight excluding hydrogens is 354 g/mol. The van der Waals surface area contributed by atoms with Crippen LogP contribution < -0.4 is 14.8 Å². The summed E-state index contributed by atoms with van der Waals surface area (Å²) in [5.74, 6) is 0.107. The predicted molar refractivity (Wildman–Crippen MR) is 99.0 cm³/mol. The molecule has 0 saturated carbocycles. The molecule has 0 spiro atoms. The summed E-state index contributed by atoms with van der Waals surface area (Å²) >= 11 is 0. The summed E-state index contributed by atoms with van der Waals surface area (Å²) in [6, 6.07) is 14.4. The highest BCUT2D eigenvalue weighted by molar-refractivity contribution is 5.78. The van der Waals surface area contributed by atoms with Crippen molar-refractivity contribution in [2.45, 2.75) is 26.1 Å². The number of ether oxygens (including phenoxy) is 2. The molecule has 1 atom stereocenters. The number of hydrogen-bond acceptors (Lipinski definition) is 4. The first-order valence-corrected chi connectivity index (χ1v) is 8.53. The maximum atomic E-state index is 12.4. The summed E-state index contributed by atoms with van der Waals surface area (Å²) in [5.41, 5.74) is 1.85. The van der Waals surface area contributed by atoms with Gasteiger partial charge in [0.05, 0.1) is 19.7 Å². The number of benzene rings is 2. The van der Waals surface area contributed by atoms with Crippen LogP contribution >= 0.6 is 0 Å². The molecule has 0 aliphatic heterocycles. The molecule has 1 N–H and O–H groups in total. The Morgan fingerprint density at radius 1 is 1.15 bits per heavy atom. The van der Waals surface area contributed by atoms with E-state index in [1.165, 1.54) is 13.2 Å². The van der Waals surface area contributed by atoms with Crippen LogP contribution in [-0.2, 0) is 11.3 Å². The van der Waals surface area contributed by atoms with Gasteiger partial charge in [0.15, 0.2) is 11.5 Å². The largest absolute Gasteiger partial charge is 0.493 e. The lowest BCUT2D eigenvalue weighted by Crippen LogP contribution is -2.36. The molecule has 2 rings (SSSR count). The molecule has 0 radical (unpaired) electrons. The van der Waals surface area contributed by atoms with Crippen LogP contribution in [0.5, 0.6) is 11.5 Å². The number of hydrogen-bond donors (Lipinski definition) is 1. The molecule has 0 heterocycles. The maximum absolute atomic E-state index is 12.4. The molecule has 7 heteroatoms. The number of alkyl halides is 2. The SMILES string of the molecule is COc1cc(CN(C)CC(=O)N[C@@H](C)c2ccccc2)ccc1OC(F)F. The Morgan fingerprint density at radius 2 is 1.85 bits per heavy atom. The van der Waals surface area contributed by atoms with Gasteiger partial charge in [0.2, 0.25) is 5.91 Å². The number of methoxy groups -OCH3 is 1. The molecule has 0 aliphatic carbocycles. The van der Waals surface area contributed by atoms with Gasteiger partial charge in [-0.25, -0.2) is 0 Å². The Hall–Kier alpha value is -2.67. The highest BCUT2D eigenvalue weighted by atomic mass is 19.3. The lowest BCUT2D eigenvalue weighted by Gasteiger charge is -2.20. The minimum absolute atomic E-state index is 0.0201. The van der Waals surface area contributed by atoms with E-state index in [4.69, 9.17) is 4.74 Å². The fraction of sp³-hybridized carbons (Fsp3) is 0.350. The van der Waals surface area contributed by atoms with Crippen LogP contribution in [0.1, 0.15) is 24.1 Å². The Morgan fingerprint density at radius 3 is 2.48 bits per heavy atom. The van der Waals surface area contributed by atoms with Gasteiger partial charge in [0.1, 0.15) is 0 Å². The first-order chi connectivity index (χ1) is 12.9. The van der Waals surface area contributed by atoms with Crippen LogP contribution in [0.4, 0.5) is 8.78 Å². The molecule has 2 aromatic rings. The first-order valence-electron chi connectivity index (χ1n) is 8.53. The van der Waals surface area contributed by atoms with Crippen molar-refractivity contribution in [3.05, 3.63) is 59.7 Å². The molecule has 1 amide bonds. The van der Waals surface area contributed by atoms with E-state index in [0.29, 0.717) is 6.54 Å². The van der Waals surface area contributed by atoms with Gasteiger partial charge >= 0.3 is 6.61 Å². The fourth-order valence-electron chi connectivity index (χ4n) is 2.73. The number of amides is 1. The smallest absolute Gasteiger partial charge is 0.387 e. The zero-order chi connectivity index (χ0) is 19.8. The third kappa shape index (κ3) is 6.53. The molecule has 0 saturated heterocycles. The van der Waals surface area contributed by atoms with Crippen LogP contribution in [0, 0.1) is 0 Å². The summed E-state index contributed by atoms with van der Waals surface area (Å²) in [6.07, 6.45) is 0. The predicted octanol–water partition coefficient (Wildman–Crippen LogP) is 3.61. The summed E-state index contributed by atoms with van der Waals surface area (Å²) in [4.78, 5) is 14.1. The molecular formula is C20H24F2N2O3. The molecule has 0 aliphatic rings. The maximum Gasteiger partial charge on any atom is 0.387 e. The number of rotatable bonds is 9. The monoisotopic (exact) mass is 378 g/mol. The van der Waals surface area contributed by atoms with Crippen molar-refractivity contribution in [2.24, 2.45) is 0 Å². The molecule has 0 aromatic heterocycles. The number of halogens is 2. The number of nitrogens with zero attached hydrogens (tertiary/aromatic N) is 1. The zero-order valence-electron chi connectivity index (χ0n) is 15.6. The van der Waals surface area contributed by atoms with Gasteiger partial charge in [0.25, 0.3) is 0 Å². The van der Waals surface area contributed by atoms with E-state index < -0.39 is 6.61 Å². The van der Waals surface area contributed by atoms with Crippen LogP contribution in [0.15, 0.2) is 48.5 Å². The van der Waals surface area contributed by atoms with Gasteiger partial charge < -0.3 is 14.8 Å². The topological polar surface area (TPSA) is 50.8 Å². The van der Waals surface area contributed by atoms with Crippen molar-refractivity contribution in [2.75, 3.05) is 20.7 Å². The third-order valence-electron chi connectivity index (χ3n) is 3.99. The van der Waals surface area contributed by atoms with Crippen molar-refractivity contribution in [3.63, 3.8) is 0 Å². The normalized spacial score (nSPS) is 12.1. The highest BCUT2D eigenvalue weighted by Crippen LogP contribution is 2.29. The molecule has 5 nitrogen and oxygen atoms in total. The van der Waals surface area contributed by atoms with Crippen molar-refractivity contribution in [1.82, 2.24) is 10.2 Å². The molecule has 0 bridgehead atoms. The first kappa shape index (κ1) is 20.6. The second-order valence-corrected chi connectivity index (χ2v) is 6.24. The van der Waals surface area contributed by atoms with Gasteiger partial charge in [0, 0.05) is 6.54 Å². The van der Waals surface area contributed by atoms with Crippen LogP contribution in [0.3, 0.4) is 0 Å². The van der Waals surface area contributed by atoms with Crippen LogP contribution in [0.2, 0.25) is 0 Å². The van der Waals surface area contributed by atoms with Gasteiger partial charge in [-0.2, -0.15) is 8.78 Å². The number of nitrogens with one attached hydrogen (secondary N) is 1. The quantitative estimate of drug-likeness (QED) is 0.724. The van der Waals surface area contributed by atoms with Gasteiger partial charge in [-0.3, -0.25) is 9.69 Å². The number of carbonyl (C=O) groups is 1. The van der Waals surface area contributed by atoms with Crippen molar-refractivity contribution >= 4 is 5.91 Å². The molecule has 0 unspecified atom stereocenters. The second kappa shape index (κ2) is 9.87. The van der Waals surface area contributed by atoms with E-state index in [9.17, 15) is 13.6 Å². The van der Waals surface area contributed by atoms with Gasteiger partial charge in [-0.05, 0) is 37.2 Å². The Balaban J connectivity index is 1.91. The molecule has 0 fully saturated rings. The molecule has 2 aromatic carbocycles. The van der Waals surface area contributed by atoms with E-state index in [0.717, 1.165) is 11.1 Å². The van der Waals surface area contributed by atoms with E-state index in [1.54, 1.807) is 12.1 Å². The average molecular weight is 378 g/mol. The summed E-state index contributed by atoms with van der Waals surface area (Å²) in [6.45, 7) is -0.324. The van der Waals surface area contributed by atoms with Crippen LogP contribution in [0.25, 0.3) is 0 Å². The van der Waals surface area contributed by atoms with Crippen molar-refractivity contribution in [3.8, 4) is 11.5 Å². The van der Waals surface area contributed by atoms with E-state index in [1.807, 2.05) is 49.2 Å². The minimum Gasteiger partial charge on any atom is -0.493 e. The molecule has 146 valence electrons. The lowest BCUT2D eigenvalue weighted by atomic mass is 10.1. The van der Waals surface area contributed by atoms with Crippen molar-refractivity contribution < 1.29 is 23.0 Å². The molecule has 27 heavy (non-hydrogen) atoms. The zero-order valence-corrected chi connectivity index (χ0v) is 15.6. The Labute approximate surface area is 157 Å². The number of likely N-dealkylation sites (N-methyl/N-ethyl adjacent to an activating group) is 1. The number of carbonyl (C=O) groups excluding carboxylic acids is 1.